The van der Waals surface area contributed by atoms with E-state index in [1.54, 1.807) is 49.6 Å². The van der Waals surface area contributed by atoms with Gasteiger partial charge in [0.05, 0.1) is 19.9 Å². The van der Waals surface area contributed by atoms with Gasteiger partial charge in [-0.15, -0.1) is 0 Å². The van der Waals surface area contributed by atoms with E-state index < -0.39 is 0 Å². The summed E-state index contributed by atoms with van der Waals surface area (Å²) in [6, 6.07) is 10.5. The van der Waals surface area contributed by atoms with Crippen LogP contribution in [0.4, 0.5) is 11.4 Å². The molecule has 0 aromatic heterocycles. The summed E-state index contributed by atoms with van der Waals surface area (Å²) < 4.78 is 10.6. The van der Waals surface area contributed by atoms with E-state index in [1.165, 1.54) is 13.2 Å². The molecule has 0 saturated heterocycles. The molecule has 0 bridgehead atoms. The molecule has 116 valence electrons. The lowest BCUT2D eigenvalue weighted by Gasteiger charge is -2.12. The lowest BCUT2D eigenvalue weighted by Crippen LogP contribution is -1.95. The van der Waals surface area contributed by atoms with Crippen molar-refractivity contribution in [3.8, 4) is 11.5 Å². The first-order valence-electron chi connectivity index (χ1n) is 6.72. The summed E-state index contributed by atoms with van der Waals surface area (Å²) in [4.78, 5) is 28.3. The maximum absolute atomic E-state index is 10.6. The molecule has 0 amide bonds. The Labute approximate surface area is 133 Å². The third-order valence-electron chi connectivity index (χ3n) is 3.29. The number of isocyanates is 2. The second kappa shape index (κ2) is 7.71. The molecular weight excluding hydrogens is 296 g/mol. The molecule has 0 unspecified atom stereocenters. The van der Waals surface area contributed by atoms with Crippen molar-refractivity contribution in [3.63, 3.8) is 0 Å². The zero-order valence-corrected chi connectivity index (χ0v) is 12.7. The van der Waals surface area contributed by atoms with E-state index in [2.05, 4.69) is 9.98 Å². The number of rotatable bonds is 6. The van der Waals surface area contributed by atoms with Crippen molar-refractivity contribution in [2.24, 2.45) is 9.98 Å². The van der Waals surface area contributed by atoms with Crippen molar-refractivity contribution >= 4 is 23.5 Å². The average molecular weight is 310 g/mol. The molecule has 2 rings (SSSR count). The number of hydrogen-bond acceptors (Lipinski definition) is 6. The summed E-state index contributed by atoms with van der Waals surface area (Å²) in [6.45, 7) is 0. The molecule has 0 aliphatic carbocycles. The molecule has 0 aliphatic rings. The second-order valence-corrected chi connectivity index (χ2v) is 4.55. The fourth-order valence-electron chi connectivity index (χ4n) is 2.25. The largest absolute Gasteiger partial charge is 0.496 e. The minimum Gasteiger partial charge on any atom is -0.496 e. The number of carbonyl (C=O) groups excluding carboxylic acids is 2. The topological polar surface area (TPSA) is 77.3 Å². The van der Waals surface area contributed by atoms with E-state index in [-0.39, 0.29) is 0 Å². The van der Waals surface area contributed by atoms with Crippen LogP contribution < -0.4 is 9.47 Å². The van der Waals surface area contributed by atoms with Crippen molar-refractivity contribution in [2.45, 2.75) is 6.42 Å². The first-order chi connectivity index (χ1) is 11.2. The van der Waals surface area contributed by atoms with Gasteiger partial charge < -0.3 is 9.47 Å². The number of aliphatic imine (C=N–C) groups is 2. The van der Waals surface area contributed by atoms with Crippen molar-refractivity contribution < 1.29 is 19.1 Å². The molecule has 2 aromatic carbocycles. The van der Waals surface area contributed by atoms with Gasteiger partial charge >= 0.3 is 0 Å². The number of benzene rings is 2. The molecule has 0 radical (unpaired) electrons. The molecule has 6 heteroatoms. The van der Waals surface area contributed by atoms with Gasteiger partial charge in [-0.05, 0) is 29.8 Å². The average Bonchev–Trinajstić information content (AvgIpc) is 2.58. The number of ether oxygens (including phenoxy) is 2. The van der Waals surface area contributed by atoms with Crippen LogP contribution in [0.15, 0.2) is 46.4 Å². The Kier molecular flexibility index (Phi) is 5.42. The second-order valence-electron chi connectivity index (χ2n) is 4.55. The lowest BCUT2D eigenvalue weighted by molar-refractivity contribution is 0.410. The molecule has 6 nitrogen and oxygen atoms in total. The highest BCUT2D eigenvalue weighted by molar-refractivity contribution is 5.62. The minimum atomic E-state index is 0.400. The molecule has 0 atom stereocenters. The van der Waals surface area contributed by atoms with Crippen LogP contribution in [0.5, 0.6) is 11.5 Å². The summed E-state index contributed by atoms with van der Waals surface area (Å²) in [5, 5.41) is 0. The first-order valence-corrected chi connectivity index (χ1v) is 6.72. The molecule has 0 saturated carbocycles. The predicted octanol–water partition coefficient (Wildman–Crippen LogP) is 3.23. The fourth-order valence-corrected chi connectivity index (χ4v) is 2.25. The van der Waals surface area contributed by atoms with Gasteiger partial charge in [-0.3, -0.25) is 0 Å². The van der Waals surface area contributed by atoms with Crippen LogP contribution in [-0.4, -0.2) is 26.4 Å². The van der Waals surface area contributed by atoms with E-state index in [9.17, 15) is 9.59 Å². The van der Waals surface area contributed by atoms with Crippen LogP contribution in [0.1, 0.15) is 11.1 Å². The minimum absolute atomic E-state index is 0.400. The van der Waals surface area contributed by atoms with Gasteiger partial charge in [0.1, 0.15) is 17.2 Å². The molecular formula is C17H14N2O4. The summed E-state index contributed by atoms with van der Waals surface area (Å²) in [5.74, 6) is 1.08. The van der Waals surface area contributed by atoms with Crippen LogP contribution in [0.2, 0.25) is 0 Å². The van der Waals surface area contributed by atoms with Crippen molar-refractivity contribution in [1.82, 2.24) is 0 Å². The summed E-state index contributed by atoms with van der Waals surface area (Å²) in [5.41, 5.74) is 2.54. The quantitative estimate of drug-likeness (QED) is 0.606. The molecule has 0 fully saturated rings. The Hall–Kier alpha value is -3.20. The molecule has 2 aromatic rings. The van der Waals surface area contributed by atoms with Crippen LogP contribution >= 0.6 is 0 Å². The molecule has 0 spiro atoms. The van der Waals surface area contributed by atoms with E-state index in [4.69, 9.17) is 9.47 Å². The number of nitrogens with zero attached hydrogens (tertiary/aromatic N) is 2. The summed E-state index contributed by atoms with van der Waals surface area (Å²) in [6.07, 6.45) is 3.50. The number of methoxy groups -OCH3 is 2. The zero-order valence-electron chi connectivity index (χ0n) is 12.7. The summed E-state index contributed by atoms with van der Waals surface area (Å²) >= 11 is 0. The van der Waals surface area contributed by atoms with E-state index in [0.717, 1.165) is 11.1 Å². The van der Waals surface area contributed by atoms with Gasteiger partial charge in [0.25, 0.3) is 0 Å². The maximum atomic E-state index is 10.6. The van der Waals surface area contributed by atoms with Crippen LogP contribution in [0, 0.1) is 0 Å². The van der Waals surface area contributed by atoms with Crippen LogP contribution in [0.25, 0.3) is 0 Å². The molecule has 23 heavy (non-hydrogen) atoms. The smallest absolute Gasteiger partial charge is 0.240 e. The first kappa shape index (κ1) is 16.2. The van der Waals surface area contributed by atoms with E-state index >= 15 is 0 Å². The van der Waals surface area contributed by atoms with Gasteiger partial charge in [-0.1, -0.05) is 12.1 Å². The highest BCUT2D eigenvalue weighted by Crippen LogP contribution is 2.33. The SMILES string of the molecule is COc1cc(Cc2c(N=C=O)cccc2OC)ccc1N=C=O. The monoisotopic (exact) mass is 310 g/mol. The van der Waals surface area contributed by atoms with Crippen molar-refractivity contribution in [3.05, 3.63) is 47.5 Å². The van der Waals surface area contributed by atoms with Gasteiger partial charge in [-0.2, -0.15) is 9.98 Å². The normalized spacial score (nSPS) is 9.48. The maximum Gasteiger partial charge on any atom is 0.240 e. The third-order valence-corrected chi connectivity index (χ3v) is 3.29. The Morgan fingerprint density at radius 2 is 1.61 bits per heavy atom. The van der Waals surface area contributed by atoms with Gasteiger partial charge in [0, 0.05) is 12.0 Å². The Morgan fingerprint density at radius 3 is 2.26 bits per heavy atom. The van der Waals surface area contributed by atoms with Crippen LogP contribution in [-0.2, 0) is 16.0 Å². The highest BCUT2D eigenvalue weighted by Gasteiger charge is 2.11. The standard InChI is InChI=1S/C17H14N2O4/c1-22-16-5-3-4-14(18-10-20)13(16)8-12-6-7-15(19-11-21)17(9-12)23-2/h3-7,9H,8H2,1-2H3. The van der Waals surface area contributed by atoms with Crippen molar-refractivity contribution in [2.75, 3.05) is 14.2 Å². The highest BCUT2D eigenvalue weighted by atomic mass is 16.5. The molecule has 0 N–H and O–H groups in total. The third kappa shape index (κ3) is 3.71. The molecule has 0 aliphatic heterocycles. The fraction of sp³-hybridized carbons (Fsp3) is 0.176. The molecule has 0 heterocycles. The van der Waals surface area contributed by atoms with Crippen LogP contribution in [0.3, 0.4) is 0 Å². The van der Waals surface area contributed by atoms with Gasteiger partial charge in [-0.25, -0.2) is 9.59 Å². The Morgan fingerprint density at radius 1 is 0.913 bits per heavy atom. The van der Waals surface area contributed by atoms with Gasteiger partial charge in [0.15, 0.2) is 0 Å². The predicted molar refractivity (Wildman–Crippen MR) is 84.4 cm³/mol. The van der Waals surface area contributed by atoms with Gasteiger partial charge in [0.2, 0.25) is 12.2 Å². The van der Waals surface area contributed by atoms with E-state index in [0.29, 0.717) is 29.3 Å². The van der Waals surface area contributed by atoms with Crippen molar-refractivity contribution in [1.29, 1.82) is 0 Å². The van der Waals surface area contributed by atoms with E-state index in [1.807, 2.05) is 0 Å². The zero-order chi connectivity index (χ0) is 16.7. The number of hydrogen-bond donors (Lipinski definition) is 0. The Balaban J connectivity index is 2.46. The summed E-state index contributed by atoms with van der Waals surface area (Å²) in [7, 11) is 3.05. The Bertz CT molecular complexity index is 804. The lowest BCUT2D eigenvalue weighted by atomic mass is 10.0.